The van der Waals surface area contributed by atoms with Gasteiger partial charge in [-0.1, -0.05) is 66.7 Å². The molecule has 194 valence electrons. The van der Waals surface area contributed by atoms with Crippen LogP contribution in [0.4, 0.5) is 5.69 Å². The second kappa shape index (κ2) is 11.1. The summed E-state index contributed by atoms with van der Waals surface area (Å²) in [4.78, 5) is 28.5. The summed E-state index contributed by atoms with van der Waals surface area (Å²) in [6, 6.07) is 27.7. The number of carbonyl (C=O) groups excluding carboxylic acids is 2. The molecule has 5 rings (SSSR count). The fourth-order valence-electron chi connectivity index (χ4n) is 5.14. The molecule has 6 heteroatoms. The number of anilines is 1. The molecule has 4 aromatic rings. The molecule has 0 saturated carbocycles. The zero-order chi connectivity index (χ0) is 26.6. The van der Waals surface area contributed by atoms with Crippen LogP contribution in [0.1, 0.15) is 24.5 Å². The molecular formula is C32H33N3O3. The number of carbonyl (C=O) groups is 2. The molecule has 2 atom stereocenters. The van der Waals surface area contributed by atoms with Crippen LogP contribution in [0.5, 0.6) is 5.75 Å². The van der Waals surface area contributed by atoms with Gasteiger partial charge >= 0.3 is 0 Å². The minimum absolute atomic E-state index is 0.119. The number of ether oxygens (including phenoxy) is 1. The van der Waals surface area contributed by atoms with Crippen LogP contribution in [-0.2, 0) is 22.6 Å². The van der Waals surface area contributed by atoms with E-state index in [9.17, 15) is 9.59 Å². The van der Waals surface area contributed by atoms with Crippen LogP contribution < -0.4 is 20.3 Å². The Bertz CT molecular complexity index is 1470. The van der Waals surface area contributed by atoms with Gasteiger partial charge in [-0.2, -0.15) is 0 Å². The molecule has 1 heterocycles. The largest absolute Gasteiger partial charge is 0.496 e. The lowest BCUT2D eigenvalue weighted by Gasteiger charge is -2.28. The second-order valence-electron chi connectivity index (χ2n) is 9.71. The molecule has 0 saturated heterocycles. The molecule has 1 aliphatic rings. The maximum atomic E-state index is 14.0. The number of amides is 2. The second-order valence-corrected chi connectivity index (χ2v) is 9.71. The third-order valence-electron chi connectivity index (χ3n) is 7.42. The van der Waals surface area contributed by atoms with Gasteiger partial charge in [0.05, 0.1) is 19.7 Å². The first-order valence-electron chi connectivity index (χ1n) is 13.0. The fourth-order valence-corrected chi connectivity index (χ4v) is 5.14. The molecule has 0 unspecified atom stereocenters. The van der Waals surface area contributed by atoms with Crippen LogP contribution in [0.15, 0.2) is 84.9 Å². The first-order chi connectivity index (χ1) is 18.5. The molecule has 0 fully saturated rings. The van der Waals surface area contributed by atoms with E-state index >= 15 is 0 Å². The normalized spacial score (nSPS) is 16.0. The predicted molar refractivity (Wildman–Crippen MR) is 152 cm³/mol. The zero-order valence-electron chi connectivity index (χ0n) is 22.0. The third kappa shape index (κ3) is 5.00. The van der Waals surface area contributed by atoms with Gasteiger partial charge in [-0.15, -0.1) is 0 Å². The lowest BCUT2D eigenvalue weighted by atomic mass is 9.97. The summed E-state index contributed by atoms with van der Waals surface area (Å²) in [5.41, 5.74) is 5.17. The molecule has 0 radical (unpaired) electrons. The Kier molecular flexibility index (Phi) is 7.43. The fraction of sp³-hybridized carbons (Fsp3) is 0.250. The van der Waals surface area contributed by atoms with E-state index in [0.29, 0.717) is 19.4 Å². The molecule has 0 aromatic heterocycles. The van der Waals surface area contributed by atoms with Crippen molar-refractivity contribution >= 4 is 28.3 Å². The molecule has 4 aromatic carbocycles. The smallest absolute Gasteiger partial charge is 0.249 e. The van der Waals surface area contributed by atoms with Crippen LogP contribution in [0.25, 0.3) is 21.9 Å². The van der Waals surface area contributed by atoms with Gasteiger partial charge in [0.25, 0.3) is 0 Å². The quantitative estimate of drug-likeness (QED) is 0.366. The summed E-state index contributed by atoms with van der Waals surface area (Å²) in [5, 5.41) is 8.03. The van der Waals surface area contributed by atoms with Crippen LogP contribution in [0, 0.1) is 0 Å². The van der Waals surface area contributed by atoms with Crippen molar-refractivity contribution in [3.8, 4) is 16.9 Å². The summed E-state index contributed by atoms with van der Waals surface area (Å²) in [6.07, 6.45) is 1.24. The van der Waals surface area contributed by atoms with E-state index in [0.717, 1.165) is 44.5 Å². The maximum Gasteiger partial charge on any atom is 0.249 e. The van der Waals surface area contributed by atoms with Crippen molar-refractivity contribution in [2.45, 2.75) is 38.4 Å². The van der Waals surface area contributed by atoms with Crippen LogP contribution >= 0.6 is 0 Å². The van der Waals surface area contributed by atoms with Gasteiger partial charge in [0.2, 0.25) is 11.8 Å². The number of nitrogens with one attached hydrogen (secondary N) is 2. The number of para-hydroxylation sites is 1. The number of nitrogens with zero attached hydrogens (tertiary/aromatic N) is 1. The summed E-state index contributed by atoms with van der Waals surface area (Å²) in [7, 11) is 3.39. The summed E-state index contributed by atoms with van der Waals surface area (Å²) in [6.45, 7) is 2.11. The standard InChI is InChI=1S/C32H33N3O3/c1-21(33-2)31(36)34-28-17-14-23-11-7-8-12-29(23)35(32(28)37)20-27-26-16-13-24(22-9-5-4-6-10-22)19-25(26)15-18-30(27)38-3/h4-13,15-16,18-19,21,28,33H,14,17,20H2,1-3H3,(H,34,36)/t21-,28-/m0/s1. The molecule has 1 aliphatic heterocycles. The molecule has 2 amide bonds. The number of fused-ring (bicyclic) bond motifs is 2. The average Bonchev–Trinajstić information content (AvgIpc) is 3.09. The lowest BCUT2D eigenvalue weighted by molar-refractivity contribution is -0.128. The summed E-state index contributed by atoms with van der Waals surface area (Å²) in [5.74, 6) is 0.420. The molecule has 0 aliphatic carbocycles. The first kappa shape index (κ1) is 25.5. The first-order valence-corrected chi connectivity index (χ1v) is 13.0. The molecule has 6 nitrogen and oxygen atoms in total. The van der Waals surface area contributed by atoms with E-state index in [1.165, 1.54) is 0 Å². The Labute approximate surface area is 223 Å². The Balaban J connectivity index is 1.56. The number of hydrogen-bond donors (Lipinski definition) is 2. The average molecular weight is 508 g/mol. The summed E-state index contributed by atoms with van der Waals surface area (Å²) >= 11 is 0. The molecule has 38 heavy (non-hydrogen) atoms. The van der Waals surface area contributed by atoms with Crippen LogP contribution in [0.3, 0.4) is 0 Å². The van der Waals surface area contributed by atoms with Gasteiger partial charge in [0.15, 0.2) is 0 Å². The highest BCUT2D eigenvalue weighted by atomic mass is 16.5. The maximum absolute atomic E-state index is 14.0. The molecule has 0 bridgehead atoms. The van der Waals surface area contributed by atoms with E-state index in [2.05, 4.69) is 53.1 Å². The number of aryl methyl sites for hydroxylation is 1. The SMILES string of the molecule is CN[C@@H](C)C(=O)N[C@H]1CCc2ccccc2N(Cc2c(OC)ccc3cc(-c4ccccc4)ccc23)C1=O. The Morgan fingerprint density at radius 1 is 1.00 bits per heavy atom. The number of rotatable bonds is 7. The third-order valence-corrected chi connectivity index (χ3v) is 7.42. The van der Waals surface area contributed by atoms with E-state index in [-0.39, 0.29) is 17.9 Å². The van der Waals surface area contributed by atoms with Crippen LogP contribution in [-0.4, -0.2) is 38.1 Å². The topological polar surface area (TPSA) is 70.7 Å². The van der Waals surface area contributed by atoms with Gasteiger partial charge < -0.3 is 20.3 Å². The number of methoxy groups -OCH3 is 1. The van der Waals surface area contributed by atoms with Crippen LogP contribution in [0.2, 0.25) is 0 Å². The van der Waals surface area contributed by atoms with Gasteiger partial charge in [-0.25, -0.2) is 0 Å². The van der Waals surface area contributed by atoms with Gasteiger partial charge in [-0.05, 0) is 72.5 Å². The predicted octanol–water partition coefficient (Wildman–Crippen LogP) is 5.09. The van der Waals surface area contributed by atoms with Crippen molar-refractivity contribution in [2.75, 3.05) is 19.1 Å². The Morgan fingerprint density at radius 2 is 1.76 bits per heavy atom. The minimum atomic E-state index is -0.614. The summed E-state index contributed by atoms with van der Waals surface area (Å²) < 4.78 is 5.79. The van der Waals surface area contributed by atoms with Gasteiger partial charge in [0.1, 0.15) is 11.8 Å². The highest BCUT2D eigenvalue weighted by Gasteiger charge is 2.33. The lowest BCUT2D eigenvalue weighted by Crippen LogP contribution is -2.52. The number of likely N-dealkylation sites (N-methyl/N-ethyl adjacent to an activating group) is 1. The van der Waals surface area contributed by atoms with E-state index in [1.807, 2.05) is 42.5 Å². The Hall–Kier alpha value is -4.16. The zero-order valence-corrected chi connectivity index (χ0v) is 22.0. The highest BCUT2D eigenvalue weighted by Crippen LogP contribution is 2.35. The van der Waals surface area contributed by atoms with E-state index in [1.54, 1.807) is 26.0 Å². The van der Waals surface area contributed by atoms with Crippen molar-refractivity contribution in [3.63, 3.8) is 0 Å². The molecular weight excluding hydrogens is 474 g/mol. The van der Waals surface area contributed by atoms with E-state index < -0.39 is 6.04 Å². The van der Waals surface area contributed by atoms with Crippen molar-refractivity contribution < 1.29 is 14.3 Å². The highest BCUT2D eigenvalue weighted by molar-refractivity contribution is 6.02. The monoisotopic (exact) mass is 507 g/mol. The minimum Gasteiger partial charge on any atom is -0.496 e. The molecule has 2 N–H and O–H groups in total. The van der Waals surface area contributed by atoms with Crippen molar-refractivity contribution in [3.05, 3.63) is 96.1 Å². The van der Waals surface area contributed by atoms with Crippen molar-refractivity contribution in [2.24, 2.45) is 0 Å². The van der Waals surface area contributed by atoms with E-state index in [4.69, 9.17) is 4.74 Å². The molecule has 0 spiro atoms. The van der Waals surface area contributed by atoms with Crippen molar-refractivity contribution in [1.82, 2.24) is 10.6 Å². The van der Waals surface area contributed by atoms with Gasteiger partial charge in [-0.3, -0.25) is 9.59 Å². The van der Waals surface area contributed by atoms with Crippen molar-refractivity contribution in [1.29, 1.82) is 0 Å². The number of hydrogen-bond acceptors (Lipinski definition) is 4. The van der Waals surface area contributed by atoms with Gasteiger partial charge in [0, 0.05) is 11.3 Å². The Morgan fingerprint density at radius 3 is 2.53 bits per heavy atom. The number of benzene rings is 4.